The zero-order valence-electron chi connectivity index (χ0n) is 19.9. The fourth-order valence-electron chi connectivity index (χ4n) is 7.55. The Morgan fingerprint density at radius 2 is 1.88 bits per heavy atom. The molecule has 3 heterocycles. The lowest BCUT2D eigenvalue weighted by atomic mass is 9.53. The number of hydrogen-bond acceptors (Lipinski definition) is 5. The summed E-state index contributed by atoms with van der Waals surface area (Å²) in [7, 11) is 0. The predicted molar refractivity (Wildman–Crippen MR) is 125 cm³/mol. The molecule has 3 aliphatic heterocycles. The van der Waals surface area contributed by atoms with Crippen LogP contribution >= 0.6 is 0 Å². The van der Waals surface area contributed by atoms with Crippen LogP contribution in [0.25, 0.3) is 0 Å². The second-order valence-corrected chi connectivity index (χ2v) is 11.7. The number of aryl methyl sites for hydroxylation is 2. The Bertz CT molecular complexity index is 904. The lowest BCUT2D eigenvalue weighted by molar-refractivity contribution is -0.147. The maximum atomic E-state index is 13.0. The zero-order valence-corrected chi connectivity index (χ0v) is 19.9. The molecule has 1 aromatic rings. The molecule has 32 heavy (non-hydrogen) atoms. The lowest BCUT2D eigenvalue weighted by Gasteiger charge is -2.51. The minimum atomic E-state index is 0.0374. The Morgan fingerprint density at radius 1 is 1.09 bits per heavy atom. The maximum absolute atomic E-state index is 13.0. The van der Waals surface area contributed by atoms with E-state index in [1.807, 2.05) is 0 Å². The van der Waals surface area contributed by atoms with Crippen LogP contribution in [0.15, 0.2) is 18.2 Å². The molecule has 174 valence electrons. The molecule has 1 aromatic carbocycles. The molecule has 6 atom stereocenters. The monoisotopic (exact) mass is 438 g/mol. The number of fused-ring (bicyclic) bond motifs is 3. The third-order valence-electron chi connectivity index (χ3n) is 9.76. The van der Waals surface area contributed by atoms with Crippen LogP contribution in [0.4, 0.5) is 5.69 Å². The first-order valence-corrected chi connectivity index (χ1v) is 12.8. The zero-order chi connectivity index (χ0) is 22.1. The van der Waals surface area contributed by atoms with E-state index in [0.29, 0.717) is 11.8 Å². The van der Waals surface area contributed by atoms with Gasteiger partial charge >= 0.3 is 5.97 Å². The summed E-state index contributed by atoms with van der Waals surface area (Å²) in [4.78, 5) is 18.0. The summed E-state index contributed by atoms with van der Waals surface area (Å²) in [6, 6.07) is 6.78. The number of esters is 1. The molecule has 0 N–H and O–H groups in total. The van der Waals surface area contributed by atoms with Gasteiger partial charge in [-0.2, -0.15) is 0 Å². The van der Waals surface area contributed by atoms with Gasteiger partial charge in [0.05, 0.1) is 18.1 Å². The van der Waals surface area contributed by atoms with Crippen molar-refractivity contribution in [3.63, 3.8) is 0 Å². The van der Waals surface area contributed by atoms with Gasteiger partial charge < -0.3 is 14.4 Å². The molecule has 2 aliphatic carbocycles. The Morgan fingerprint density at radius 3 is 2.59 bits per heavy atom. The van der Waals surface area contributed by atoms with E-state index >= 15 is 0 Å². The number of piperazine rings is 1. The van der Waals surface area contributed by atoms with Gasteiger partial charge in [0.2, 0.25) is 0 Å². The lowest BCUT2D eigenvalue weighted by Crippen LogP contribution is -2.52. The molecule has 0 radical (unpaired) electrons. The number of epoxide rings is 1. The van der Waals surface area contributed by atoms with Crippen LogP contribution < -0.4 is 4.90 Å². The second kappa shape index (κ2) is 7.46. The molecule has 6 rings (SSSR count). The average Bonchev–Trinajstić information content (AvgIpc) is 3.47. The molecule has 5 nitrogen and oxygen atoms in total. The van der Waals surface area contributed by atoms with Crippen molar-refractivity contribution in [3.8, 4) is 0 Å². The van der Waals surface area contributed by atoms with Gasteiger partial charge in [0.1, 0.15) is 6.10 Å². The van der Waals surface area contributed by atoms with Crippen molar-refractivity contribution in [1.82, 2.24) is 4.90 Å². The summed E-state index contributed by atoms with van der Waals surface area (Å²) in [5.41, 5.74) is 4.44. The minimum Gasteiger partial charge on any atom is -0.462 e. The van der Waals surface area contributed by atoms with Crippen molar-refractivity contribution in [2.45, 2.75) is 64.6 Å². The molecule has 2 saturated carbocycles. The Kier molecular flexibility index (Phi) is 4.89. The summed E-state index contributed by atoms with van der Waals surface area (Å²) < 4.78 is 12.1. The normalized spacial score (nSPS) is 41.3. The number of carbonyl (C=O) groups excluding carboxylic acids is 1. The molecule has 0 unspecified atom stereocenters. The summed E-state index contributed by atoms with van der Waals surface area (Å²) in [5.74, 6) is 1.07. The van der Waals surface area contributed by atoms with Crippen LogP contribution in [-0.4, -0.2) is 61.9 Å². The number of carbonyl (C=O) groups is 1. The number of nitrogens with zero attached hydrogens (tertiary/aromatic N) is 2. The highest BCUT2D eigenvalue weighted by Gasteiger charge is 2.65. The quantitative estimate of drug-likeness (QED) is 0.528. The summed E-state index contributed by atoms with van der Waals surface area (Å²) in [6.07, 6.45) is 6.00. The van der Waals surface area contributed by atoms with Crippen molar-refractivity contribution in [2.75, 3.05) is 44.2 Å². The maximum Gasteiger partial charge on any atom is 0.310 e. The number of anilines is 1. The smallest absolute Gasteiger partial charge is 0.310 e. The van der Waals surface area contributed by atoms with Crippen molar-refractivity contribution in [2.24, 2.45) is 23.2 Å². The summed E-state index contributed by atoms with van der Waals surface area (Å²) >= 11 is 0. The third-order valence-corrected chi connectivity index (χ3v) is 9.76. The SMILES string of the molecule is Cc1ccc(N2CCN(C[C@@H]3C(=O)O[C@@H]4C[C@@]5(C)CCC[C@]6(CO6)[C@H]5C[C@@H]34)CC2)cc1C. The average molecular weight is 439 g/mol. The van der Waals surface area contributed by atoms with Gasteiger partial charge in [0.15, 0.2) is 0 Å². The van der Waals surface area contributed by atoms with Crippen molar-refractivity contribution in [1.29, 1.82) is 0 Å². The highest BCUT2D eigenvalue weighted by Crippen LogP contribution is 2.62. The number of benzene rings is 1. The first-order valence-electron chi connectivity index (χ1n) is 12.8. The Balaban J connectivity index is 1.11. The van der Waals surface area contributed by atoms with Crippen LogP contribution in [0.5, 0.6) is 0 Å². The molecular weight excluding hydrogens is 400 g/mol. The molecule has 0 aromatic heterocycles. The fourth-order valence-corrected chi connectivity index (χ4v) is 7.55. The van der Waals surface area contributed by atoms with Gasteiger partial charge in [-0.3, -0.25) is 9.69 Å². The molecule has 5 fully saturated rings. The predicted octanol–water partition coefficient (Wildman–Crippen LogP) is 3.95. The van der Waals surface area contributed by atoms with E-state index < -0.39 is 0 Å². The Hall–Kier alpha value is -1.59. The molecule has 1 spiro atoms. The van der Waals surface area contributed by atoms with E-state index in [0.717, 1.165) is 52.2 Å². The largest absolute Gasteiger partial charge is 0.462 e. The van der Waals surface area contributed by atoms with Gasteiger partial charge in [-0.15, -0.1) is 0 Å². The van der Waals surface area contributed by atoms with Crippen molar-refractivity contribution >= 4 is 11.7 Å². The van der Waals surface area contributed by atoms with E-state index in [2.05, 4.69) is 48.8 Å². The molecule has 5 aliphatic rings. The van der Waals surface area contributed by atoms with Crippen molar-refractivity contribution in [3.05, 3.63) is 29.3 Å². The Labute approximate surface area is 192 Å². The summed E-state index contributed by atoms with van der Waals surface area (Å²) in [5, 5.41) is 0. The number of rotatable bonds is 3. The van der Waals surface area contributed by atoms with Crippen molar-refractivity contribution < 1.29 is 14.3 Å². The topological polar surface area (TPSA) is 45.3 Å². The standard InChI is InChI=1S/C27H38N2O3/c1-18-5-6-20(13-19(18)2)29-11-9-28(10-12-29)16-22-21-14-24-26(3,15-23(21)32-25(22)30)7-4-8-27(24)17-31-27/h5-6,13,21-24H,4,7-12,14-17H2,1-3H3/t21-,22-,23+,24-,26+,27-/m0/s1. The first kappa shape index (κ1) is 21.0. The van der Waals surface area contributed by atoms with E-state index in [-0.39, 0.29) is 29.0 Å². The molecular formula is C27H38N2O3. The third kappa shape index (κ3) is 3.38. The van der Waals surface area contributed by atoms with Gasteiger partial charge in [0.25, 0.3) is 0 Å². The van der Waals surface area contributed by atoms with Crippen LogP contribution in [0.2, 0.25) is 0 Å². The van der Waals surface area contributed by atoms with Gasteiger partial charge in [0, 0.05) is 44.3 Å². The van der Waals surface area contributed by atoms with Crippen LogP contribution in [0.1, 0.15) is 50.2 Å². The highest BCUT2D eigenvalue weighted by molar-refractivity contribution is 5.75. The van der Waals surface area contributed by atoms with E-state index in [1.54, 1.807) is 0 Å². The highest BCUT2D eigenvalue weighted by atomic mass is 16.6. The van der Waals surface area contributed by atoms with Gasteiger partial charge in [-0.25, -0.2) is 0 Å². The molecule has 0 bridgehead atoms. The van der Waals surface area contributed by atoms with Crippen LogP contribution in [0.3, 0.4) is 0 Å². The molecule has 3 saturated heterocycles. The molecule has 5 heteroatoms. The number of ether oxygens (including phenoxy) is 2. The number of hydrogen-bond donors (Lipinski definition) is 0. The second-order valence-electron chi connectivity index (χ2n) is 11.7. The minimum absolute atomic E-state index is 0.0374. The summed E-state index contributed by atoms with van der Waals surface area (Å²) in [6.45, 7) is 12.7. The molecule has 0 amide bonds. The first-order chi connectivity index (χ1) is 15.4. The van der Waals surface area contributed by atoms with Crippen LogP contribution in [0, 0.1) is 37.0 Å². The van der Waals surface area contributed by atoms with Gasteiger partial charge in [-0.1, -0.05) is 13.0 Å². The van der Waals surface area contributed by atoms with Crippen LogP contribution in [-0.2, 0) is 14.3 Å². The van der Waals surface area contributed by atoms with E-state index in [9.17, 15) is 4.79 Å². The van der Waals surface area contributed by atoms with E-state index in [1.165, 1.54) is 36.1 Å². The van der Waals surface area contributed by atoms with Gasteiger partial charge in [-0.05, 0) is 80.5 Å². The van der Waals surface area contributed by atoms with E-state index in [4.69, 9.17) is 9.47 Å². The fraction of sp³-hybridized carbons (Fsp3) is 0.741.